The average molecular weight is 351 g/mol. The van der Waals surface area contributed by atoms with Gasteiger partial charge in [0.15, 0.2) is 16.2 Å². The van der Waals surface area contributed by atoms with E-state index in [9.17, 15) is 4.79 Å². The number of carbonyl (C=O) groups excluding carboxylic acids is 1. The van der Waals surface area contributed by atoms with Crippen LogP contribution >= 0.6 is 15.9 Å². The van der Waals surface area contributed by atoms with Crippen LogP contribution in [-0.2, 0) is 0 Å². The number of aromatic nitrogens is 2. The van der Waals surface area contributed by atoms with Gasteiger partial charge in [-0.3, -0.25) is 4.79 Å². The molecule has 0 saturated carbocycles. The van der Waals surface area contributed by atoms with Gasteiger partial charge in [-0.05, 0) is 41.8 Å². The summed E-state index contributed by atoms with van der Waals surface area (Å²) in [6, 6.07) is 1.76. The van der Waals surface area contributed by atoms with Gasteiger partial charge in [0.05, 0.1) is 6.20 Å². The first-order chi connectivity index (χ1) is 10.1. The molecule has 0 atom stereocenters. The van der Waals surface area contributed by atoms with Crippen molar-refractivity contribution in [2.45, 2.75) is 19.8 Å². The molecule has 1 aliphatic heterocycles. The third kappa shape index (κ3) is 2.92. The number of nitrogens with one attached hydrogen (secondary N) is 1. The largest absolute Gasteiger partial charge is 0.444 e. The van der Waals surface area contributed by atoms with Crippen LogP contribution in [0.4, 0.5) is 11.5 Å². The summed E-state index contributed by atoms with van der Waals surface area (Å²) >= 11 is 3.23. The van der Waals surface area contributed by atoms with E-state index in [1.54, 1.807) is 12.3 Å². The number of anilines is 2. The second-order valence-electron chi connectivity index (χ2n) is 4.97. The Morgan fingerprint density at radius 2 is 2.19 bits per heavy atom. The van der Waals surface area contributed by atoms with Crippen molar-refractivity contribution in [2.24, 2.45) is 0 Å². The van der Waals surface area contributed by atoms with Crippen LogP contribution < -0.4 is 10.2 Å². The first-order valence-electron chi connectivity index (χ1n) is 6.77. The molecule has 1 saturated heterocycles. The Balaban J connectivity index is 1.84. The van der Waals surface area contributed by atoms with Crippen molar-refractivity contribution in [2.75, 3.05) is 23.3 Å². The van der Waals surface area contributed by atoms with Gasteiger partial charge in [-0.25, -0.2) is 9.97 Å². The quantitative estimate of drug-likeness (QED) is 0.921. The van der Waals surface area contributed by atoms with Crippen LogP contribution in [0.25, 0.3) is 0 Å². The fourth-order valence-electron chi connectivity index (χ4n) is 2.44. The van der Waals surface area contributed by atoms with E-state index in [2.05, 4.69) is 36.1 Å². The maximum absolute atomic E-state index is 12.3. The molecule has 0 unspecified atom stereocenters. The van der Waals surface area contributed by atoms with Crippen LogP contribution in [0.15, 0.2) is 27.7 Å². The highest BCUT2D eigenvalue weighted by molar-refractivity contribution is 9.10. The molecule has 2 aromatic rings. The molecule has 2 aromatic heterocycles. The van der Waals surface area contributed by atoms with Crippen LogP contribution in [0.5, 0.6) is 0 Å². The van der Waals surface area contributed by atoms with Crippen molar-refractivity contribution in [3.05, 3.63) is 34.6 Å². The van der Waals surface area contributed by atoms with Crippen LogP contribution in [0.2, 0.25) is 0 Å². The Morgan fingerprint density at radius 3 is 2.86 bits per heavy atom. The Bertz CT molecular complexity index is 665. The Hall–Kier alpha value is -1.89. The highest BCUT2D eigenvalue weighted by Gasteiger charge is 2.21. The molecule has 7 heteroatoms. The summed E-state index contributed by atoms with van der Waals surface area (Å²) in [6.07, 6.45) is 5.40. The molecule has 0 spiro atoms. The van der Waals surface area contributed by atoms with Crippen LogP contribution in [-0.4, -0.2) is 29.0 Å². The summed E-state index contributed by atoms with van der Waals surface area (Å²) in [5.41, 5.74) is 1.38. The van der Waals surface area contributed by atoms with Gasteiger partial charge in [0.2, 0.25) is 0 Å². The molecule has 3 heterocycles. The second kappa shape index (κ2) is 5.85. The van der Waals surface area contributed by atoms with Crippen molar-refractivity contribution in [1.82, 2.24) is 9.97 Å². The van der Waals surface area contributed by atoms with Crippen molar-refractivity contribution < 1.29 is 9.21 Å². The molecule has 6 nitrogen and oxygen atoms in total. The minimum atomic E-state index is -0.298. The Labute approximate surface area is 130 Å². The smallest absolute Gasteiger partial charge is 0.291 e. The third-order valence-electron chi connectivity index (χ3n) is 3.44. The minimum absolute atomic E-state index is 0.290. The van der Waals surface area contributed by atoms with E-state index in [0.717, 1.165) is 37.3 Å². The average Bonchev–Trinajstić information content (AvgIpc) is 3.09. The van der Waals surface area contributed by atoms with E-state index < -0.39 is 0 Å². The first-order valence-corrected chi connectivity index (χ1v) is 7.56. The lowest BCUT2D eigenvalue weighted by molar-refractivity contribution is 0.0994. The minimum Gasteiger partial charge on any atom is -0.444 e. The number of hydrogen-bond acceptors (Lipinski definition) is 5. The van der Waals surface area contributed by atoms with E-state index >= 15 is 0 Å². The van der Waals surface area contributed by atoms with Crippen LogP contribution in [0.1, 0.15) is 29.0 Å². The van der Waals surface area contributed by atoms with Gasteiger partial charge >= 0.3 is 0 Å². The topological polar surface area (TPSA) is 71.3 Å². The number of halogens is 1. The molecule has 21 heavy (non-hydrogen) atoms. The predicted octanol–water partition coefficient (Wildman–Crippen LogP) is 2.99. The summed E-state index contributed by atoms with van der Waals surface area (Å²) in [6.45, 7) is 3.72. The molecule has 1 fully saturated rings. The van der Waals surface area contributed by atoms with E-state index in [1.165, 1.54) is 6.33 Å². The second-order valence-corrected chi connectivity index (χ2v) is 5.75. The summed E-state index contributed by atoms with van der Waals surface area (Å²) in [5.74, 6) is 0.755. The van der Waals surface area contributed by atoms with E-state index in [-0.39, 0.29) is 11.7 Å². The number of hydrogen-bond donors (Lipinski definition) is 1. The zero-order valence-corrected chi connectivity index (χ0v) is 13.2. The molecular formula is C14H15BrN4O2. The van der Waals surface area contributed by atoms with Crippen molar-refractivity contribution >= 4 is 33.3 Å². The summed E-state index contributed by atoms with van der Waals surface area (Å²) in [7, 11) is 0. The maximum atomic E-state index is 12.3. The molecule has 1 aliphatic rings. The lowest BCUT2D eigenvalue weighted by Gasteiger charge is -2.19. The molecule has 110 valence electrons. The van der Waals surface area contributed by atoms with Gasteiger partial charge < -0.3 is 14.6 Å². The molecule has 0 aromatic carbocycles. The SMILES string of the molecule is Cc1cc(Br)oc1C(=O)Nc1cncnc1N1CCCC1. The predicted molar refractivity (Wildman–Crippen MR) is 82.6 cm³/mol. The van der Waals surface area contributed by atoms with Crippen molar-refractivity contribution in [3.8, 4) is 0 Å². The van der Waals surface area contributed by atoms with Crippen LogP contribution in [0.3, 0.4) is 0 Å². The van der Waals surface area contributed by atoms with Crippen molar-refractivity contribution in [3.63, 3.8) is 0 Å². The number of carbonyl (C=O) groups is 1. The molecule has 0 aliphatic carbocycles. The Kier molecular flexibility index (Phi) is 3.92. The molecule has 0 bridgehead atoms. The van der Waals surface area contributed by atoms with Crippen LogP contribution in [0, 0.1) is 6.92 Å². The van der Waals surface area contributed by atoms with E-state index in [4.69, 9.17) is 4.42 Å². The van der Waals surface area contributed by atoms with Gasteiger partial charge in [-0.1, -0.05) is 0 Å². The molecule has 1 N–H and O–H groups in total. The normalized spacial score (nSPS) is 14.5. The number of furan rings is 1. The van der Waals surface area contributed by atoms with Gasteiger partial charge in [0.25, 0.3) is 5.91 Å². The zero-order valence-electron chi connectivity index (χ0n) is 11.6. The molecule has 1 amide bonds. The number of aryl methyl sites for hydroxylation is 1. The maximum Gasteiger partial charge on any atom is 0.291 e. The fraction of sp³-hybridized carbons (Fsp3) is 0.357. The summed E-state index contributed by atoms with van der Waals surface area (Å²) < 4.78 is 5.90. The number of nitrogens with zero attached hydrogens (tertiary/aromatic N) is 3. The van der Waals surface area contributed by atoms with Crippen molar-refractivity contribution in [1.29, 1.82) is 0 Å². The zero-order chi connectivity index (χ0) is 14.8. The number of amides is 1. The first kappa shape index (κ1) is 14.1. The summed E-state index contributed by atoms with van der Waals surface area (Å²) in [5, 5.41) is 2.84. The van der Waals surface area contributed by atoms with Gasteiger partial charge in [0.1, 0.15) is 12.0 Å². The van der Waals surface area contributed by atoms with E-state index in [0.29, 0.717) is 10.4 Å². The molecule has 3 rings (SSSR count). The summed E-state index contributed by atoms with van der Waals surface area (Å²) in [4.78, 5) is 22.8. The van der Waals surface area contributed by atoms with Gasteiger partial charge in [0, 0.05) is 18.7 Å². The third-order valence-corrected chi connectivity index (χ3v) is 3.83. The standard InChI is InChI=1S/C14H15BrN4O2/c1-9-6-11(15)21-12(9)14(20)18-10-7-16-8-17-13(10)19-4-2-3-5-19/h6-8H,2-5H2,1H3,(H,18,20). The fourth-order valence-corrected chi connectivity index (χ4v) is 2.95. The number of rotatable bonds is 3. The monoisotopic (exact) mass is 350 g/mol. The molecule has 0 radical (unpaired) electrons. The highest BCUT2D eigenvalue weighted by Crippen LogP contribution is 2.27. The lowest BCUT2D eigenvalue weighted by atomic mass is 10.2. The van der Waals surface area contributed by atoms with Gasteiger partial charge in [-0.2, -0.15) is 0 Å². The highest BCUT2D eigenvalue weighted by atomic mass is 79.9. The lowest BCUT2D eigenvalue weighted by Crippen LogP contribution is -2.22. The van der Waals surface area contributed by atoms with Gasteiger partial charge in [-0.15, -0.1) is 0 Å². The molecular weight excluding hydrogens is 336 g/mol. The van der Waals surface area contributed by atoms with E-state index in [1.807, 2.05) is 6.92 Å². The Morgan fingerprint density at radius 1 is 1.43 bits per heavy atom.